The van der Waals surface area contributed by atoms with Gasteiger partial charge >= 0.3 is 0 Å². The molecule has 0 bridgehead atoms. The summed E-state index contributed by atoms with van der Waals surface area (Å²) in [5, 5.41) is 8.13. The monoisotopic (exact) mass is 697 g/mol. The average molecular weight is 698 g/mol. The molecule has 0 spiro atoms. The van der Waals surface area contributed by atoms with E-state index < -0.39 is 0 Å². The molecule has 0 amide bonds. The van der Waals surface area contributed by atoms with Crippen molar-refractivity contribution in [3.63, 3.8) is 0 Å². The molecule has 258 valence electrons. The summed E-state index contributed by atoms with van der Waals surface area (Å²) in [5.41, 5.74) is 11.8. The fourth-order valence-electron chi connectivity index (χ4n) is 9.45. The summed E-state index contributed by atoms with van der Waals surface area (Å²) in [6.07, 6.45) is 17.4. The molecule has 54 heavy (non-hydrogen) atoms. The number of allylic oxidation sites excluding steroid dienone is 2. The van der Waals surface area contributed by atoms with Gasteiger partial charge in [0.1, 0.15) is 22.3 Å². The van der Waals surface area contributed by atoms with E-state index in [0.29, 0.717) is 11.9 Å². The third-order valence-electron chi connectivity index (χ3n) is 11.9. The first kappa shape index (κ1) is 30.0. The molecule has 0 aliphatic heterocycles. The van der Waals surface area contributed by atoms with Crippen molar-refractivity contribution in [2.75, 3.05) is 0 Å². The molecule has 2 atom stereocenters. The molecule has 5 aromatic carbocycles. The Morgan fingerprint density at radius 2 is 1.63 bits per heavy atom. The maximum absolute atomic E-state index is 6.92. The summed E-state index contributed by atoms with van der Waals surface area (Å²) in [6, 6.07) is 34.6. The molecular weight excluding hydrogens is 663 g/mol. The quantitative estimate of drug-likeness (QED) is 0.184. The summed E-state index contributed by atoms with van der Waals surface area (Å²) >= 11 is 0. The van der Waals surface area contributed by atoms with Crippen LogP contribution in [0.5, 0.6) is 0 Å². The average Bonchev–Trinajstić information content (AvgIpc) is 3.90. The predicted octanol–water partition coefficient (Wildman–Crippen LogP) is 10.8. The van der Waals surface area contributed by atoms with Crippen LogP contribution in [0.4, 0.5) is 0 Å². The van der Waals surface area contributed by atoms with Gasteiger partial charge in [0.2, 0.25) is 5.95 Å². The number of aromatic nitrogens is 3. The molecule has 4 heterocycles. The van der Waals surface area contributed by atoms with E-state index in [4.69, 9.17) is 18.8 Å². The van der Waals surface area contributed by atoms with Crippen molar-refractivity contribution in [1.29, 1.82) is 0 Å². The van der Waals surface area contributed by atoms with Gasteiger partial charge in [0.15, 0.2) is 0 Å². The molecule has 0 saturated heterocycles. The molecule has 4 aromatic heterocycles. The Labute approximate surface area is 310 Å². The normalized spacial score (nSPS) is 17.6. The zero-order valence-electron chi connectivity index (χ0n) is 29.8. The van der Waals surface area contributed by atoms with Gasteiger partial charge in [-0.3, -0.25) is 4.57 Å². The zero-order valence-corrected chi connectivity index (χ0v) is 29.8. The van der Waals surface area contributed by atoms with Gasteiger partial charge in [-0.15, -0.1) is 0 Å². The lowest BCUT2D eigenvalue weighted by molar-refractivity contribution is 0.514. The van der Waals surface area contributed by atoms with Crippen LogP contribution in [0.2, 0.25) is 0 Å². The Hall–Kier alpha value is -6.46. The summed E-state index contributed by atoms with van der Waals surface area (Å²) < 4.78 is 15.7. The lowest BCUT2D eigenvalue weighted by Crippen LogP contribution is -2.27. The van der Waals surface area contributed by atoms with E-state index in [1.165, 1.54) is 32.7 Å². The minimum Gasteiger partial charge on any atom is -0.457 e. The van der Waals surface area contributed by atoms with Crippen LogP contribution in [0.25, 0.3) is 96.0 Å². The van der Waals surface area contributed by atoms with Crippen molar-refractivity contribution in [2.45, 2.75) is 38.5 Å². The van der Waals surface area contributed by atoms with Gasteiger partial charge in [-0.2, -0.15) is 0 Å². The smallest absolute Gasteiger partial charge is 0.235 e. The van der Waals surface area contributed by atoms with E-state index >= 15 is 0 Å². The van der Waals surface area contributed by atoms with Crippen molar-refractivity contribution in [1.82, 2.24) is 14.5 Å². The highest BCUT2D eigenvalue weighted by Gasteiger charge is 2.29. The van der Waals surface area contributed by atoms with Crippen molar-refractivity contribution in [3.8, 4) is 17.2 Å². The van der Waals surface area contributed by atoms with Crippen LogP contribution in [-0.4, -0.2) is 14.5 Å². The second-order valence-corrected chi connectivity index (χ2v) is 15.2. The van der Waals surface area contributed by atoms with E-state index in [0.717, 1.165) is 97.6 Å². The van der Waals surface area contributed by atoms with Gasteiger partial charge in [-0.05, 0) is 84.4 Å². The SMILES string of the molecule is CC1C=Cc2nc(-n3c4ccc5ccccc5c4c4c5oc6ccccc6c5cc(C5C=c6c7c(oc6=CC5)C=CCC7)c43)nc(-c3ccccc3)c2C1. The van der Waals surface area contributed by atoms with Crippen molar-refractivity contribution < 1.29 is 8.83 Å². The zero-order chi connectivity index (χ0) is 35.5. The third kappa shape index (κ3) is 4.27. The first-order chi connectivity index (χ1) is 26.7. The second kappa shape index (κ2) is 11.3. The van der Waals surface area contributed by atoms with Gasteiger partial charge in [0.05, 0.1) is 27.8 Å². The Balaban J connectivity index is 1.27. The summed E-state index contributed by atoms with van der Waals surface area (Å²) in [5.74, 6) is 2.17. The van der Waals surface area contributed by atoms with Crippen LogP contribution in [0.3, 0.4) is 0 Å². The molecule has 0 radical (unpaired) electrons. The van der Waals surface area contributed by atoms with Crippen molar-refractivity contribution in [3.05, 3.63) is 148 Å². The highest BCUT2D eigenvalue weighted by atomic mass is 16.3. The molecule has 3 aliphatic rings. The number of nitrogens with zero attached hydrogens (tertiary/aromatic N) is 3. The minimum atomic E-state index is 0.0898. The van der Waals surface area contributed by atoms with Crippen LogP contribution >= 0.6 is 0 Å². The highest BCUT2D eigenvalue weighted by molar-refractivity contribution is 6.30. The summed E-state index contributed by atoms with van der Waals surface area (Å²) in [4.78, 5) is 11.0. The van der Waals surface area contributed by atoms with E-state index in [1.54, 1.807) is 0 Å². The fraction of sp³-hybridized carbons (Fsp3) is 0.143. The minimum absolute atomic E-state index is 0.0898. The van der Waals surface area contributed by atoms with Crippen LogP contribution in [0, 0.1) is 5.92 Å². The molecule has 2 unspecified atom stereocenters. The van der Waals surface area contributed by atoms with E-state index in [2.05, 4.69) is 145 Å². The molecule has 5 heteroatoms. The van der Waals surface area contributed by atoms with Gasteiger partial charge in [0, 0.05) is 44.0 Å². The topological polar surface area (TPSA) is 57.0 Å². The largest absolute Gasteiger partial charge is 0.457 e. The van der Waals surface area contributed by atoms with Crippen molar-refractivity contribution in [2.24, 2.45) is 5.92 Å². The number of para-hydroxylation sites is 1. The second-order valence-electron chi connectivity index (χ2n) is 15.2. The van der Waals surface area contributed by atoms with Gasteiger partial charge < -0.3 is 8.83 Å². The lowest BCUT2D eigenvalue weighted by atomic mass is 9.87. The molecule has 0 saturated carbocycles. The Morgan fingerprint density at radius 1 is 0.778 bits per heavy atom. The standard InChI is InChI=1S/C49H35N3O2/c1-28-19-22-39-38(25-28)46(30-12-3-2-4-13-30)51-49(50-39)52-40-23-20-29-11-5-6-14-32(29)44(40)45-47(52)35(27-37-34-16-8-10-18-42(34)54-48(37)45)31-21-24-43-36(26-31)33-15-7-9-17-41(33)53-43/h2-6,8-14,16-20,22-24,26-28,31H,7,15,21,25H2,1H3. The summed E-state index contributed by atoms with van der Waals surface area (Å²) in [6.45, 7) is 2.27. The number of fused-ring (bicyclic) bond motifs is 13. The third-order valence-corrected chi connectivity index (χ3v) is 11.9. The van der Waals surface area contributed by atoms with Crippen molar-refractivity contribution >= 4 is 78.8 Å². The maximum Gasteiger partial charge on any atom is 0.235 e. The Morgan fingerprint density at radius 3 is 2.56 bits per heavy atom. The number of rotatable bonds is 3. The van der Waals surface area contributed by atoms with Gasteiger partial charge in [-0.25, -0.2) is 9.97 Å². The van der Waals surface area contributed by atoms with Crippen LogP contribution in [-0.2, 0) is 12.8 Å². The number of benzene rings is 5. The highest BCUT2D eigenvalue weighted by Crippen LogP contribution is 2.47. The number of hydrogen-bond acceptors (Lipinski definition) is 4. The van der Waals surface area contributed by atoms with Crippen LogP contribution < -0.4 is 10.6 Å². The molecule has 5 nitrogen and oxygen atoms in total. The van der Waals surface area contributed by atoms with Gasteiger partial charge in [-0.1, -0.05) is 104 Å². The van der Waals surface area contributed by atoms with Crippen LogP contribution in [0.15, 0.2) is 118 Å². The molecule has 3 aliphatic carbocycles. The fourth-order valence-corrected chi connectivity index (χ4v) is 9.45. The number of hydrogen-bond donors (Lipinski definition) is 0. The molecule has 9 aromatic rings. The van der Waals surface area contributed by atoms with Crippen LogP contribution in [0.1, 0.15) is 53.8 Å². The number of furan rings is 2. The molecule has 12 rings (SSSR count). The Kier molecular flexibility index (Phi) is 6.27. The Bertz CT molecular complexity index is 3250. The first-order valence-corrected chi connectivity index (χ1v) is 19.1. The first-order valence-electron chi connectivity index (χ1n) is 19.1. The lowest BCUT2D eigenvalue weighted by Gasteiger charge is -2.21. The molecule has 0 fully saturated rings. The molecule has 0 N–H and O–H groups in total. The van der Waals surface area contributed by atoms with Gasteiger partial charge in [0.25, 0.3) is 0 Å². The summed E-state index contributed by atoms with van der Waals surface area (Å²) in [7, 11) is 0. The van der Waals surface area contributed by atoms with E-state index in [1.807, 2.05) is 0 Å². The predicted molar refractivity (Wildman–Crippen MR) is 220 cm³/mol. The van der Waals surface area contributed by atoms with E-state index in [-0.39, 0.29) is 5.92 Å². The van der Waals surface area contributed by atoms with E-state index in [9.17, 15) is 0 Å². The maximum atomic E-state index is 6.92. The molecular formula is C49H35N3O2.